The zero-order valence-corrected chi connectivity index (χ0v) is 15.3. The minimum absolute atomic E-state index is 0.0256. The van der Waals surface area contributed by atoms with Crippen molar-refractivity contribution in [3.63, 3.8) is 0 Å². The number of aryl methyl sites for hydroxylation is 1. The maximum atomic E-state index is 12.1. The van der Waals surface area contributed by atoms with Crippen LogP contribution in [0.3, 0.4) is 0 Å². The van der Waals surface area contributed by atoms with Gasteiger partial charge in [0.05, 0.1) is 12.0 Å². The lowest BCUT2D eigenvalue weighted by atomic mass is 10.1. The number of benzene rings is 2. The molecule has 0 heterocycles. The Morgan fingerprint density at radius 1 is 0.962 bits per heavy atom. The third kappa shape index (κ3) is 4.26. The van der Waals surface area contributed by atoms with Gasteiger partial charge in [-0.1, -0.05) is 22.7 Å². The maximum Gasteiger partial charge on any atom is 0.269 e. The number of nitrogens with zero attached hydrogens (tertiary/aromatic N) is 1. The number of nitrogens with one attached hydrogen (secondary N) is 2. The quantitative estimate of drug-likeness (QED) is 0.763. The Labute approximate surface area is 151 Å². The van der Waals surface area contributed by atoms with Crippen molar-refractivity contribution in [3.8, 4) is 0 Å². The summed E-state index contributed by atoms with van der Waals surface area (Å²) >= 11 is 0. The van der Waals surface area contributed by atoms with Gasteiger partial charge in [-0.2, -0.15) is 0 Å². The summed E-state index contributed by atoms with van der Waals surface area (Å²) in [5.41, 5.74) is 6.02. The molecule has 0 spiro atoms. The fraction of sp³-hybridized carbons (Fsp3) is 0.176. The first-order valence-corrected chi connectivity index (χ1v) is 9.01. The van der Waals surface area contributed by atoms with E-state index < -0.39 is 21.8 Å². The van der Waals surface area contributed by atoms with E-state index in [1.165, 1.54) is 38.4 Å². The summed E-state index contributed by atoms with van der Waals surface area (Å²) in [6, 6.07) is 12.2. The highest BCUT2D eigenvalue weighted by Crippen LogP contribution is 2.15. The molecule has 0 saturated carbocycles. The summed E-state index contributed by atoms with van der Waals surface area (Å²) in [6.45, 7) is 1.78. The molecule has 0 bridgehead atoms. The molecule has 8 nitrogen and oxygen atoms in total. The highest BCUT2D eigenvalue weighted by atomic mass is 32.2. The minimum atomic E-state index is -3.79. The number of rotatable bonds is 5. The highest BCUT2D eigenvalue weighted by Gasteiger charge is 2.21. The topological polar surface area (TPSA) is 105 Å². The molecular weight excluding hydrogens is 358 g/mol. The number of carbonyl (C=O) groups is 2. The number of amides is 2. The molecule has 26 heavy (non-hydrogen) atoms. The van der Waals surface area contributed by atoms with Crippen molar-refractivity contribution in [2.24, 2.45) is 0 Å². The Kier molecular flexibility index (Phi) is 6.09. The lowest BCUT2D eigenvalue weighted by molar-refractivity contribution is -0.0258. The molecule has 0 atom stereocenters. The number of hydrogen-bond acceptors (Lipinski definition) is 5. The normalized spacial score (nSPS) is 11.2. The molecule has 0 aliphatic carbocycles. The van der Waals surface area contributed by atoms with Gasteiger partial charge < -0.3 is 0 Å². The number of sulfonamides is 1. The first-order chi connectivity index (χ1) is 12.3. The molecule has 2 aromatic carbocycles. The van der Waals surface area contributed by atoms with Crippen molar-refractivity contribution < 1.29 is 22.8 Å². The Bertz CT molecular complexity index is 910. The Balaban J connectivity index is 2.05. The second-order valence-electron chi connectivity index (χ2n) is 5.34. The van der Waals surface area contributed by atoms with Gasteiger partial charge in [-0.15, -0.1) is 0 Å². The van der Waals surface area contributed by atoms with E-state index in [9.17, 15) is 18.0 Å². The number of hydroxylamine groups is 1. The van der Waals surface area contributed by atoms with Crippen molar-refractivity contribution in [3.05, 3.63) is 65.2 Å². The van der Waals surface area contributed by atoms with E-state index in [-0.39, 0.29) is 10.5 Å². The van der Waals surface area contributed by atoms with Gasteiger partial charge in [0.25, 0.3) is 21.8 Å². The predicted octanol–water partition coefficient (Wildman–Crippen LogP) is 1.25. The fourth-order valence-corrected chi connectivity index (χ4v) is 3.08. The molecule has 0 aromatic heterocycles. The zero-order chi connectivity index (χ0) is 19.3. The van der Waals surface area contributed by atoms with Crippen LogP contribution < -0.4 is 10.9 Å². The van der Waals surface area contributed by atoms with Crippen LogP contribution in [0.25, 0.3) is 0 Å². The average molecular weight is 377 g/mol. The Hall–Kier alpha value is -2.75. The maximum absolute atomic E-state index is 12.1. The van der Waals surface area contributed by atoms with Crippen molar-refractivity contribution in [1.29, 1.82) is 0 Å². The van der Waals surface area contributed by atoms with E-state index in [0.717, 1.165) is 5.56 Å². The van der Waals surface area contributed by atoms with Crippen LogP contribution in [0.15, 0.2) is 53.4 Å². The summed E-state index contributed by atoms with van der Waals surface area (Å²) in [7, 11) is -1.29. The van der Waals surface area contributed by atoms with Crippen LogP contribution in [-0.4, -0.2) is 38.9 Å². The van der Waals surface area contributed by atoms with Crippen molar-refractivity contribution in [2.75, 3.05) is 14.2 Å². The molecule has 2 aromatic rings. The average Bonchev–Trinajstić information content (AvgIpc) is 2.65. The third-order valence-electron chi connectivity index (χ3n) is 3.69. The van der Waals surface area contributed by atoms with Crippen molar-refractivity contribution in [2.45, 2.75) is 11.8 Å². The Morgan fingerprint density at radius 3 is 2.12 bits per heavy atom. The van der Waals surface area contributed by atoms with Gasteiger partial charge in [0.2, 0.25) is 0 Å². The van der Waals surface area contributed by atoms with Gasteiger partial charge in [-0.3, -0.25) is 25.3 Å². The van der Waals surface area contributed by atoms with Crippen LogP contribution in [0.1, 0.15) is 26.3 Å². The zero-order valence-electron chi connectivity index (χ0n) is 14.5. The number of carbonyl (C=O) groups excluding carboxylic acids is 2. The summed E-state index contributed by atoms with van der Waals surface area (Å²) in [5.74, 6) is -1.02. The molecule has 2 N–H and O–H groups in total. The molecule has 2 amide bonds. The van der Waals surface area contributed by atoms with Crippen LogP contribution >= 0.6 is 0 Å². The van der Waals surface area contributed by atoms with Crippen LogP contribution in [0, 0.1) is 6.92 Å². The molecule has 0 aliphatic rings. The molecular formula is C17H19N3O5S. The summed E-state index contributed by atoms with van der Waals surface area (Å²) in [5, 5.41) is 0. The second kappa shape index (κ2) is 8.09. The van der Waals surface area contributed by atoms with E-state index in [4.69, 9.17) is 0 Å². The van der Waals surface area contributed by atoms with Crippen molar-refractivity contribution in [1.82, 2.24) is 15.3 Å². The molecule has 0 saturated heterocycles. The fourth-order valence-electron chi connectivity index (χ4n) is 2.11. The van der Waals surface area contributed by atoms with E-state index in [1.807, 2.05) is 0 Å². The first-order valence-electron chi connectivity index (χ1n) is 7.57. The van der Waals surface area contributed by atoms with Gasteiger partial charge in [0.15, 0.2) is 0 Å². The van der Waals surface area contributed by atoms with E-state index in [1.54, 1.807) is 31.2 Å². The first kappa shape index (κ1) is 19.6. The van der Waals surface area contributed by atoms with Crippen LogP contribution in [-0.2, 0) is 14.9 Å². The summed E-state index contributed by atoms with van der Waals surface area (Å²) in [6.07, 6.45) is 0. The monoisotopic (exact) mass is 377 g/mol. The molecule has 2 rings (SSSR count). The van der Waals surface area contributed by atoms with Crippen molar-refractivity contribution >= 4 is 21.8 Å². The van der Waals surface area contributed by atoms with Crippen LogP contribution in [0.2, 0.25) is 0 Å². The van der Waals surface area contributed by atoms with Gasteiger partial charge in [-0.25, -0.2) is 8.42 Å². The molecule has 138 valence electrons. The van der Waals surface area contributed by atoms with Gasteiger partial charge in [-0.05, 0) is 42.8 Å². The summed E-state index contributed by atoms with van der Waals surface area (Å²) < 4.78 is 24.9. The molecule has 0 fully saturated rings. The van der Waals surface area contributed by atoms with E-state index in [2.05, 4.69) is 15.7 Å². The molecule has 0 aliphatic heterocycles. The number of hydrazine groups is 1. The lowest BCUT2D eigenvalue weighted by Crippen LogP contribution is -2.41. The van der Waals surface area contributed by atoms with Crippen LogP contribution in [0.5, 0.6) is 0 Å². The lowest BCUT2D eigenvalue weighted by Gasteiger charge is -2.14. The van der Waals surface area contributed by atoms with Gasteiger partial charge in [0, 0.05) is 18.2 Å². The smallest absolute Gasteiger partial charge is 0.269 e. The highest BCUT2D eigenvalue weighted by molar-refractivity contribution is 7.89. The predicted molar refractivity (Wildman–Crippen MR) is 94.5 cm³/mol. The summed E-state index contributed by atoms with van der Waals surface area (Å²) in [4.78, 5) is 28.8. The molecule has 9 heteroatoms. The van der Waals surface area contributed by atoms with Gasteiger partial charge in [0.1, 0.15) is 0 Å². The number of hydrogen-bond donors (Lipinski definition) is 2. The largest absolute Gasteiger partial charge is 0.288 e. The molecule has 0 unspecified atom stereocenters. The SMILES string of the molecule is CON(C)S(=O)(=O)c1ccc(C(=O)NNC(=O)c2ccccc2C)cc1. The minimum Gasteiger partial charge on any atom is -0.288 e. The van der Waals surface area contributed by atoms with E-state index >= 15 is 0 Å². The van der Waals surface area contributed by atoms with Gasteiger partial charge >= 0.3 is 0 Å². The molecule has 0 radical (unpaired) electrons. The second-order valence-corrected chi connectivity index (χ2v) is 7.28. The van der Waals surface area contributed by atoms with Crippen LogP contribution in [0.4, 0.5) is 0 Å². The third-order valence-corrected chi connectivity index (χ3v) is 5.38. The van der Waals surface area contributed by atoms with E-state index in [0.29, 0.717) is 10.0 Å². The standard InChI is InChI=1S/C17H19N3O5S/c1-12-6-4-5-7-15(12)17(22)19-18-16(21)13-8-10-14(11-9-13)26(23,24)20(2)25-3/h4-11H,1-3H3,(H,18,21)(H,19,22). The Morgan fingerprint density at radius 2 is 1.54 bits per heavy atom.